The van der Waals surface area contributed by atoms with Gasteiger partial charge in [-0.1, -0.05) is 35.9 Å². The van der Waals surface area contributed by atoms with Crippen molar-refractivity contribution in [3.63, 3.8) is 0 Å². The van der Waals surface area contributed by atoms with Gasteiger partial charge in [0, 0.05) is 6.54 Å². The second-order valence-corrected chi connectivity index (χ2v) is 3.59. The van der Waals surface area contributed by atoms with Crippen LogP contribution in [0.5, 0.6) is 0 Å². The SMILES string of the molecule is C=CCCNC(=O)Cc1ccc(C)cc1. The number of benzene rings is 1. The van der Waals surface area contributed by atoms with Crippen molar-refractivity contribution in [3.05, 3.63) is 48.0 Å². The molecule has 1 aromatic carbocycles. The molecule has 0 aliphatic rings. The van der Waals surface area contributed by atoms with E-state index < -0.39 is 0 Å². The summed E-state index contributed by atoms with van der Waals surface area (Å²) in [5.41, 5.74) is 2.27. The Bertz CT molecular complexity index is 327. The zero-order valence-electron chi connectivity index (χ0n) is 9.12. The highest BCUT2D eigenvalue weighted by atomic mass is 16.1. The van der Waals surface area contributed by atoms with Gasteiger partial charge in [0.1, 0.15) is 0 Å². The molecule has 0 radical (unpaired) electrons. The number of hydrogen-bond donors (Lipinski definition) is 1. The van der Waals surface area contributed by atoms with Crippen LogP contribution in [0.25, 0.3) is 0 Å². The maximum absolute atomic E-state index is 11.4. The highest BCUT2D eigenvalue weighted by Gasteiger charge is 2.01. The number of carbonyl (C=O) groups is 1. The highest BCUT2D eigenvalue weighted by Crippen LogP contribution is 2.03. The van der Waals surface area contributed by atoms with E-state index in [2.05, 4.69) is 11.9 Å². The van der Waals surface area contributed by atoms with E-state index in [1.165, 1.54) is 5.56 Å². The summed E-state index contributed by atoms with van der Waals surface area (Å²) in [5, 5.41) is 2.84. The molecule has 2 nitrogen and oxygen atoms in total. The lowest BCUT2D eigenvalue weighted by molar-refractivity contribution is -0.120. The summed E-state index contributed by atoms with van der Waals surface area (Å²) in [7, 11) is 0. The molecule has 0 fully saturated rings. The summed E-state index contributed by atoms with van der Waals surface area (Å²) < 4.78 is 0. The van der Waals surface area contributed by atoms with Gasteiger partial charge in [0.05, 0.1) is 6.42 Å². The molecule has 0 saturated heterocycles. The van der Waals surface area contributed by atoms with Crippen LogP contribution in [-0.2, 0) is 11.2 Å². The average molecular weight is 203 g/mol. The van der Waals surface area contributed by atoms with Gasteiger partial charge in [0.15, 0.2) is 0 Å². The van der Waals surface area contributed by atoms with Gasteiger partial charge in [-0.25, -0.2) is 0 Å². The van der Waals surface area contributed by atoms with Gasteiger partial charge in [-0.05, 0) is 18.9 Å². The Morgan fingerprint density at radius 1 is 1.40 bits per heavy atom. The molecule has 1 rings (SSSR count). The molecule has 1 amide bonds. The molecule has 0 aliphatic carbocycles. The summed E-state index contributed by atoms with van der Waals surface area (Å²) >= 11 is 0. The maximum Gasteiger partial charge on any atom is 0.224 e. The first kappa shape index (κ1) is 11.5. The molecule has 0 heterocycles. The Labute approximate surface area is 91.0 Å². The molecule has 0 spiro atoms. The van der Waals surface area contributed by atoms with E-state index in [-0.39, 0.29) is 5.91 Å². The van der Waals surface area contributed by atoms with Crippen LogP contribution in [-0.4, -0.2) is 12.5 Å². The molecular weight excluding hydrogens is 186 g/mol. The van der Waals surface area contributed by atoms with Gasteiger partial charge in [-0.2, -0.15) is 0 Å². The van der Waals surface area contributed by atoms with Crippen molar-refractivity contribution in [3.8, 4) is 0 Å². The molecule has 2 heteroatoms. The van der Waals surface area contributed by atoms with Crippen molar-refractivity contribution in [1.29, 1.82) is 0 Å². The lowest BCUT2D eigenvalue weighted by atomic mass is 10.1. The fraction of sp³-hybridized carbons (Fsp3) is 0.308. The van der Waals surface area contributed by atoms with E-state index in [0.717, 1.165) is 12.0 Å². The normalized spacial score (nSPS) is 9.67. The van der Waals surface area contributed by atoms with Crippen LogP contribution < -0.4 is 5.32 Å². The van der Waals surface area contributed by atoms with Crippen LogP contribution in [0, 0.1) is 6.92 Å². The Morgan fingerprint density at radius 3 is 2.67 bits per heavy atom. The van der Waals surface area contributed by atoms with Crippen LogP contribution in [0.3, 0.4) is 0 Å². The Hall–Kier alpha value is -1.57. The van der Waals surface area contributed by atoms with Gasteiger partial charge in [0.2, 0.25) is 5.91 Å². The molecule has 0 aromatic heterocycles. The van der Waals surface area contributed by atoms with E-state index in [1.807, 2.05) is 31.2 Å². The van der Waals surface area contributed by atoms with E-state index >= 15 is 0 Å². The van der Waals surface area contributed by atoms with Crippen molar-refractivity contribution >= 4 is 5.91 Å². The fourth-order valence-electron chi connectivity index (χ4n) is 1.27. The van der Waals surface area contributed by atoms with Crippen molar-refractivity contribution in [2.75, 3.05) is 6.54 Å². The van der Waals surface area contributed by atoms with Crippen molar-refractivity contribution in [2.24, 2.45) is 0 Å². The lowest BCUT2D eigenvalue weighted by Gasteiger charge is -2.03. The van der Waals surface area contributed by atoms with Crippen LogP contribution in [0.15, 0.2) is 36.9 Å². The average Bonchev–Trinajstić information content (AvgIpc) is 2.22. The van der Waals surface area contributed by atoms with Gasteiger partial charge >= 0.3 is 0 Å². The topological polar surface area (TPSA) is 29.1 Å². The summed E-state index contributed by atoms with van der Waals surface area (Å²) in [6.07, 6.45) is 3.07. The zero-order chi connectivity index (χ0) is 11.1. The second kappa shape index (κ2) is 6.02. The number of nitrogens with one attached hydrogen (secondary N) is 1. The zero-order valence-corrected chi connectivity index (χ0v) is 9.12. The Morgan fingerprint density at radius 2 is 2.07 bits per heavy atom. The highest BCUT2D eigenvalue weighted by molar-refractivity contribution is 5.78. The number of carbonyl (C=O) groups excluding carboxylic acids is 1. The fourth-order valence-corrected chi connectivity index (χ4v) is 1.27. The van der Waals surface area contributed by atoms with Crippen molar-refractivity contribution < 1.29 is 4.79 Å². The number of aryl methyl sites for hydroxylation is 1. The minimum absolute atomic E-state index is 0.0701. The van der Waals surface area contributed by atoms with Crippen LogP contribution in [0.2, 0.25) is 0 Å². The molecule has 0 unspecified atom stereocenters. The molecule has 80 valence electrons. The first-order chi connectivity index (χ1) is 7.22. The molecule has 1 aromatic rings. The number of amides is 1. The minimum atomic E-state index is 0.0701. The molecule has 0 bridgehead atoms. The predicted molar refractivity (Wildman–Crippen MR) is 62.7 cm³/mol. The third-order valence-electron chi connectivity index (χ3n) is 2.16. The molecule has 0 aliphatic heterocycles. The standard InChI is InChI=1S/C13H17NO/c1-3-4-9-14-13(15)10-12-7-5-11(2)6-8-12/h3,5-8H,1,4,9-10H2,2H3,(H,14,15). The molecule has 0 saturated carbocycles. The third-order valence-corrected chi connectivity index (χ3v) is 2.16. The van der Waals surface area contributed by atoms with Crippen LogP contribution in [0.1, 0.15) is 17.5 Å². The first-order valence-corrected chi connectivity index (χ1v) is 5.15. The minimum Gasteiger partial charge on any atom is -0.356 e. The predicted octanol–water partition coefficient (Wildman–Crippen LogP) is 2.23. The van der Waals surface area contributed by atoms with E-state index in [1.54, 1.807) is 6.08 Å². The van der Waals surface area contributed by atoms with Crippen LogP contribution in [0.4, 0.5) is 0 Å². The van der Waals surface area contributed by atoms with Gasteiger partial charge in [0.25, 0.3) is 0 Å². The molecule has 15 heavy (non-hydrogen) atoms. The number of rotatable bonds is 5. The Balaban J connectivity index is 2.37. The van der Waals surface area contributed by atoms with E-state index in [4.69, 9.17) is 0 Å². The Kier molecular flexibility index (Phi) is 4.61. The largest absolute Gasteiger partial charge is 0.356 e. The third kappa shape index (κ3) is 4.45. The van der Waals surface area contributed by atoms with Crippen LogP contribution >= 0.6 is 0 Å². The van der Waals surface area contributed by atoms with E-state index in [0.29, 0.717) is 13.0 Å². The van der Waals surface area contributed by atoms with E-state index in [9.17, 15) is 4.79 Å². The quantitative estimate of drug-likeness (QED) is 0.577. The van der Waals surface area contributed by atoms with Crippen molar-refractivity contribution in [1.82, 2.24) is 5.32 Å². The first-order valence-electron chi connectivity index (χ1n) is 5.15. The van der Waals surface area contributed by atoms with Gasteiger partial charge < -0.3 is 5.32 Å². The number of hydrogen-bond acceptors (Lipinski definition) is 1. The van der Waals surface area contributed by atoms with Gasteiger partial charge in [-0.15, -0.1) is 6.58 Å². The lowest BCUT2D eigenvalue weighted by Crippen LogP contribution is -2.25. The summed E-state index contributed by atoms with van der Waals surface area (Å²) in [5.74, 6) is 0.0701. The monoisotopic (exact) mass is 203 g/mol. The smallest absolute Gasteiger partial charge is 0.224 e. The summed E-state index contributed by atoms with van der Waals surface area (Å²) in [6.45, 7) is 6.31. The second-order valence-electron chi connectivity index (χ2n) is 3.59. The molecule has 1 N–H and O–H groups in total. The van der Waals surface area contributed by atoms with Crippen molar-refractivity contribution in [2.45, 2.75) is 19.8 Å². The summed E-state index contributed by atoms with van der Waals surface area (Å²) in [6, 6.07) is 8.02. The summed E-state index contributed by atoms with van der Waals surface area (Å²) in [4.78, 5) is 11.4. The molecule has 0 atom stereocenters. The molecular formula is C13H17NO. The van der Waals surface area contributed by atoms with Gasteiger partial charge in [-0.3, -0.25) is 4.79 Å². The maximum atomic E-state index is 11.4.